The van der Waals surface area contributed by atoms with E-state index in [4.69, 9.17) is 0 Å². The summed E-state index contributed by atoms with van der Waals surface area (Å²) in [5, 5.41) is 8.11. The fourth-order valence-corrected chi connectivity index (χ4v) is 4.08. The summed E-state index contributed by atoms with van der Waals surface area (Å²) in [6.07, 6.45) is 7.83. The number of carbonyl (C=O) groups is 1. The van der Waals surface area contributed by atoms with Gasteiger partial charge in [-0.15, -0.1) is 0 Å². The monoisotopic (exact) mass is 430 g/mol. The minimum Gasteiger partial charge on any atom is -0.307 e. The zero-order valence-electron chi connectivity index (χ0n) is 17.8. The van der Waals surface area contributed by atoms with Gasteiger partial charge in [-0.3, -0.25) is 19.4 Å². The molecule has 1 aliphatic rings. The summed E-state index contributed by atoms with van der Waals surface area (Å²) < 4.78 is 15.0. The minimum absolute atomic E-state index is 0.346. The van der Waals surface area contributed by atoms with Crippen molar-refractivity contribution >= 4 is 22.6 Å². The molecule has 7 nitrogen and oxygen atoms in total. The van der Waals surface area contributed by atoms with E-state index in [9.17, 15) is 9.18 Å². The molecule has 0 spiro atoms. The molecule has 4 aromatic rings. The number of halogens is 1. The summed E-state index contributed by atoms with van der Waals surface area (Å²) in [5.41, 5.74) is 4.29. The number of benzene rings is 1. The maximum Gasteiger partial charge on any atom is 0.256 e. The van der Waals surface area contributed by atoms with E-state index in [1.54, 1.807) is 12.3 Å². The summed E-state index contributed by atoms with van der Waals surface area (Å²) in [6, 6.07) is 9.23. The lowest BCUT2D eigenvalue weighted by Gasteiger charge is -2.16. The maximum absolute atomic E-state index is 13.1. The van der Waals surface area contributed by atoms with Gasteiger partial charge in [0.2, 0.25) is 0 Å². The Hall–Kier alpha value is -3.65. The van der Waals surface area contributed by atoms with Crippen molar-refractivity contribution in [2.45, 2.75) is 19.4 Å². The van der Waals surface area contributed by atoms with E-state index in [1.807, 2.05) is 30.2 Å². The standard InChI is InChI=1S/C24H23FN6O/c1-30-22(15-31-8-2-3-9-31)20(13-28-30)18-10-17-11-23(27-14-21(17)26-12-18)29-24(32)16-4-6-19(25)7-5-16/h4-7,10-14H,2-3,8-9,15H2,1H3,(H,27,29,32). The van der Waals surface area contributed by atoms with E-state index in [0.717, 1.165) is 47.4 Å². The Balaban J connectivity index is 1.43. The molecule has 1 amide bonds. The Morgan fingerprint density at radius 2 is 1.84 bits per heavy atom. The first kappa shape index (κ1) is 20.3. The van der Waals surface area contributed by atoms with Crippen molar-refractivity contribution in [3.63, 3.8) is 0 Å². The molecule has 0 atom stereocenters. The van der Waals surface area contributed by atoms with Gasteiger partial charge < -0.3 is 5.32 Å². The second-order valence-corrected chi connectivity index (χ2v) is 8.06. The van der Waals surface area contributed by atoms with E-state index in [1.165, 1.54) is 37.1 Å². The van der Waals surface area contributed by atoms with Gasteiger partial charge in [0.25, 0.3) is 5.91 Å². The average molecular weight is 430 g/mol. The van der Waals surface area contributed by atoms with Crippen LogP contribution in [0.5, 0.6) is 0 Å². The number of nitrogens with one attached hydrogen (secondary N) is 1. The summed E-state index contributed by atoms with van der Waals surface area (Å²) in [7, 11) is 1.97. The molecular formula is C24H23FN6O. The van der Waals surface area contributed by atoms with Crippen molar-refractivity contribution in [3.05, 3.63) is 72.1 Å². The molecule has 1 fully saturated rings. The van der Waals surface area contributed by atoms with Gasteiger partial charge >= 0.3 is 0 Å². The highest BCUT2D eigenvalue weighted by molar-refractivity contribution is 6.04. The number of nitrogens with zero attached hydrogens (tertiary/aromatic N) is 5. The van der Waals surface area contributed by atoms with Crippen LogP contribution >= 0.6 is 0 Å². The van der Waals surface area contributed by atoms with Crippen LogP contribution in [0.4, 0.5) is 10.2 Å². The maximum atomic E-state index is 13.1. The van der Waals surface area contributed by atoms with E-state index in [0.29, 0.717) is 11.4 Å². The molecule has 4 heterocycles. The second-order valence-electron chi connectivity index (χ2n) is 8.06. The Bertz CT molecular complexity index is 1280. The fourth-order valence-electron chi connectivity index (χ4n) is 4.08. The van der Waals surface area contributed by atoms with Crippen LogP contribution in [-0.4, -0.2) is 43.6 Å². The average Bonchev–Trinajstić information content (AvgIpc) is 3.44. The van der Waals surface area contributed by atoms with E-state index < -0.39 is 0 Å². The van der Waals surface area contributed by atoms with Gasteiger partial charge in [-0.05, 0) is 62.3 Å². The highest BCUT2D eigenvalue weighted by Crippen LogP contribution is 2.28. The lowest BCUT2D eigenvalue weighted by molar-refractivity contribution is 0.102. The van der Waals surface area contributed by atoms with Crippen LogP contribution in [0, 0.1) is 5.82 Å². The molecule has 162 valence electrons. The number of aromatic nitrogens is 4. The molecule has 1 aromatic carbocycles. The van der Waals surface area contributed by atoms with Crippen molar-refractivity contribution in [2.24, 2.45) is 7.05 Å². The molecule has 1 saturated heterocycles. The smallest absolute Gasteiger partial charge is 0.256 e. The molecule has 1 aliphatic heterocycles. The van der Waals surface area contributed by atoms with E-state index in [2.05, 4.69) is 25.3 Å². The SMILES string of the molecule is Cn1ncc(-c2cnc3cnc(NC(=O)c4ccc(F)cc4)cc3c2)c1CN1CCCC1. The topological polar surface area (TPSA) is 75.9 Å². The van der Waals surface area contributed by atoms with Crippen LogP contribution < -0.4 is 5.32 Å². The molecule has 32 heavy (non-hydrogen) atoms. The summed E-state index contributed by atoms with van der Waals surface area (Å²) in [6.45, 7) is 3.09. The normalized spacial score (nSPS) is 14.2. The molecule has 0 aliphatic carbocycles. The number of aryl methyl sites for hydroxylation is 1. The summed E-state index contributed by atoms with van der Waals surface area (Å²) in [5.74, 6) is -0.320. The Labute approximate surface area is 184 Å². The first-order valence-corrected chi connectivity index (χ1v) is 10.6. The highest BCUT2D eigenvalue weighted by Gasteiger charge is 2.18. The Morgan fingerprint density at radius 1 is 1.06 bits per heavy atom. The number of hydrogen-bond acceptors (Lipinski definition) is 5. The Kier molecular flexibility index (Phi) is 5.36. The van der Waals surface area contributed by atoms with Crippen LogP contribution in [-0.2, 0) is 13.6 Å². The van der Waals surface area contributed by atoms with Gasteiger partial charge in [0.15, 0.2) is 0 Å². The van der Waals surface area contributed by atoms with Gasteiger partial charge in [0, 0.05) is 41.9 Å². The van der Waals surface area contributed by atoms with Crippen molar-refractivity contribution in [2.75, 3.05) is 18.4 Å². The second kappa shape index (κ2) is 8.47. The molecule has 1 N–H and O–H groups in total. The first-order valence-electron chi connectivity index (χ1n) is 10.6. The quantitative estimate of drug-likeness (QED) is 0.518. The van der Waals surface area contributed by atoms with Crippen molar-refractivity contribution < 1.29 is 9.18 Å². The van der Waals surface area contributed by atoms with E-state index >= 15 is 0 Å². The van der Waals surface area contributed by atoms with Gasteiger partial charge in [-0.2, -0.15) is 5.10 Å². The lowest BCUT2D eigenvalue weighted by atomic mass is 10.1. The third-order valence-electron chi connectivity index (χ3n) is 5.86. The third-order valence-corrected chi connectivity index (χ3v) is 5.86. The molecule has 8 heteroatoms. The van der Waals surface area contributed by atoms with Gasteiger partial charge in [0.05, 0.1) is 23.6 Å². The predicted octanol–water partition coefficient (Wildman–Crippen LogP) is 4.02. The van der Waals surface area contributed by atoms with Crippen molar-refractivity contribution in [3.8, 4) is 11.1 Å². The fraction of sp³-hybridized carbons (Fsp3) is 0.250. The highest BCUT2D eigenvalue weighted by atomic mass is 19.1. The zero-order valence-corrected chi connectivity index (χ0v) is 17.8. The molecule has 0 saturated carbocycles. The molecule has 0 radical (unpaired) electrons. The number of likely N-dealkylation sites (tertiary alicyclic amines) is 1. The van der Waals surface area contributed by atoms with Crippen LogP contribution in [0.3, 0.4) is 0 Å². The Morgan fingerprint density at radius 3 is 2.62 bits per heavy atom. The predicted molar refractivity (Wildman–Crippen MR) is 121 cm³/mol. The largest absolute Gasteiger partial charge is 0.307 e. The number of amides is 1. The van der Waals surface area contributed by atoms with Gasteiger partial charge in [-0.1, -0.05) is 0 Å². The van der Waals surface area contributed by atoms with Crippen molar-refractivity contribution in [1.82, 2.24) is 24.6 Å². The first-order chi connectivity index (χ1) is 15.6. The summed E-state index contributed by atoms with van der Waals surface area (Å²) in [4.78, 5) is 23.8. The zero-order chi connectivity index (χ0) is 22.1. The van der Waals surface area contributed by atoms with Crippen LogP contribution in [0.2, 0.25) is 0 Å². The number of carbonyl (C=O) groups excluding carboxylic acids is 1. The number of hydrogen-bond donors (Lipinski definition) is 1. The third kappa shape index (κ3) is 4.09. The molecule has 3 aromatic heterocycles. The lowest BCUT2D eigenvalue weighted by Crippen LogP contribution is -2.20. The van der Waals surface area contributed by atoms with Gasteiger partial charge in [-0.25, -0.2) is 9.37 Å². The molecular weight excluding hydrogens is 407 g/mol. The van der Waals surface area contributed by atoms with Crippen molar-refractivity contribution in [1.29, 1.82) is 0 Å². The number of anilines is 1. The molecule has 0 bridgehead atoms. The number of fused-ring (bicyclic) bond motifs is 1. The number of rotatable bonds is 5. The van der Waals surface area contributed by atoms with Crippen LogP contribution in [0.25, 0.3) is 22.0 Å². The summed E-state index contributed by atoms with van der Waals surface area (Å²) >= 11 is 0. The number of pyridine rings is 2. The molecule has 5 rings (SSSR count). The van der Waals surface area contributed by atoms with Crippen LogP contribution in [0.1, 0.15) is 28.9 Å². The van der Waals surface area contributed by atoms with Crippen LogP contribution in [0.15, 0.2) is 55.0 Å². The van der Waals surface area contributed by atoms with Gasteiger partial charge in [0.1, 0.15) is 11.6 Å². The minimum atomic E-state index is -0.386. The molecule has 0 unspecified atom stereocenters. The van der Waals surface area contributed by atoms with E-state index in [-0.39, 0.29) is 11.7 Å².